The third-order valence-electron chi connectivity index (χ3n) is 4.49. The number of rotatable bonds is 7. The fourth-order valence-electron chi connectivity index (χ4n) is 3.00. The van der Waals surface area contributed by atoms with Gasteiger partial charge in [-0.2, -0.15) is 0 Å². The Morgan fingerprint density at radius 2 is 2.04 bits per heavy atom. The van der Waals surface area contributed by atoms with Crippen LogP contribution in [-0.4, -0.2) is 11.8 Å². The summed E-state index contributed by atoms with van der Waals surface area (Å²) in [6, 6.07) is 4.74. The number of aryl methyl sites for hydroxylation is 1. The molecule has 1 aliphatic rings. The molecule has 0 aliphatic heterocycles. The molecular weight excluding hydrogens is 307 g/mol. The van der Waals surface area contributed by atoms with Crippen LogP contribution in [0.3, 0.4) is 0 Å². The van der Waals surface area contributed by atoms with E-state index in [-0.39, 0.29) is 35.2 Å². The van der Waals surface area contributed by atoms with Crippen LogP contribution >= 0.6 is 0 Å². The van der Waals surface area contributed by atoms with Crippen molar-refractivity contribution in [1.29, 1.82) is 0 Å². The summed E-state index contributed by atoms with van der Waals surface area (Å²) in [6.07, 6.45) is 4.08. The predicted octanol–water partition coefficient (Wildman–Crippen LogP) is 4.97. The number of carbonyl (C=O) groups is 2. The van der Waals surface area contributed by atoms with Gasteiger partial charge in [-0.1, -0.05) is 38.8 Å². The van der Waals surface area contributed by atoms with Crippen molar-refractivity contribution >= 4 is 17.3 Å². The number of hydrogen-bond donors (Lipinski definition) is 0. The van der Waals surface area contributed by atoms with Crippen LogP contribution in [0.15, 0.2) is 24.0 Å². The summed E-state index contributed by atoms with van der Waals surface area (Å²) in [7, 11) is 0. The van der Waals surface area contributed by atoms with Gasteiger partial charge in [0.25, 0.3) is 0 Å². The summed E-state index contributed by atoms with van der Waals surface area (Å²) < 4.78 is 19.8. The highest BCUT2D eigenvalue weighted by Gasteiger charge is 2.30. The van der Waals surface area contributed by atoms with E-state index in [1.54, 1.807) is 19.1 Å². The average Bonchev–Trinajstić information content (AvgIpc) is 2.89. The van der Waals surface area contributed by atoms with Gasteiger partial charge in [-0.15, -0.1) is 0 Å². The van der Waals surface area contributed by atoms with E-state index in [0.717, 1.165) is 24.8 Å². The zero-order valence-corrected chi connectivity index (χ0v) is 14.7. The number of ketones is 1. The molecule has 0 amide bonds. The maximum Gasteiger partial charge on any atom is 0.314 e. The highest BCUT2D eigenvalue weighted by Crippen LogP contribution is 2.34. The van der Waals surface area contributed by atoms with Crippen molar-refractivity contribution < 1.29 is 18.7 Å². The van der Waals surface area contributed by atoms with Crippen LogP contribution in [0.25, 0.3) is 5.57 Å². The smallest absolute Gasteiger partial charge is 0.314 e. The highest BCUT2D eigenvalue weighted by molar-refractivity contribution is 6.23. The Hall–Kier alpha value is -1.97. The molecule has 1 atom stereocenters. The second-order valence-corrected chi connectivity index (χ2v) is 6.37. The Labute approximate surface area is 142 Å². The van der Waals surface area contributed by atoms with Gasteiger partial charge in [-0.3, -0.25) is 9.59 Å². The first-order valence-electron chi connectivity index (χ1n) is 8.72. The number of unbranched alkanes of at least 4 members (excludes halogenated alkanes) is 1. The van der Waals surface area contributed by atoms with E-state index >= 15 is 0 Å². The van der Waals surface area contributed by atoms with Gasteiger partial charge in [0.15, 0.2) is 5.78 Å². The SMILES string of the molecule is CCCCC(CC)C(=O)OC1=C(c2ccc(C)cc2F)C(=O)CC1. The first kappa shape index (κ1) is 18.4. The lowest BCUT2D eigenvalue weighted by Gasteiger charge is -2.15. The molecule has 24 heavy (non-hydrogen) atoms. The van der Waals surface area contributed by atoms with Crippen molar-refractivity contribution in [2.24, 2.45) is 5.92 Å². The standard InChI is InChI=1S/C20H25FO3/c1-4-6-7-14(5-2)20(23)24-18-11-10-17(22)19(18)15-9-8-13(3)12-16(15)21/h8-9,12,14H,4-7,10-11H2,1-3H3. The zero-order valence-electron chi connectivity index (χ0n) is 14.7. The molecule has 0 saturated heterocycles. The van der Waals surface area contributed by atoms with E-state index in [0.29, 0.717) is 18.6 Å². The maximum atomic E-state index is 14.3. The molecule has 3 nitrogen and oxygen atoms in total. The van der Waals surface area contributed by atoms with Gasteiger partial charge in [0.05, 0.1) is 11.5 Å². The number of carbonyl (C=O) groups excluding carboxylic acids is 2. The van der Waals surface area contributed by atoms with Crippen molar-refractivity contribution in [3.63, 3.8) is 0 Å². The average molecular weight is 332 g/mol. The number of hydrogen-bond acceptors (Lipinski definition) is 3. The summed E-state index contributed by atoms with van der Waals surface area (Å²) >= 11 is 0. The Bertz CT molecular complexity index is 661. The number of ether oxygens (including phenoxy) is 1. The molecule has 0 bridgehead atoms. The minimum atomic E-state index is -0.452. The minimum Gasteiger partial charge on any atom is -0.430 e. The summed E-state index contributed by atoms with van der Waals surface area (Å²) in [5.74, 6) is -0.769. The highest BCUT2D eigenvalue weighted by atomic mass is 19.1. The van der Waals surface area contributed by atoms with Gasteiger partial charge in [0, 0.05) is 18.4 Å². The molecule has 0 aromatic heterocycles. The van der Waals surface area contributed by atoms with Crippen molar-refractivity contribution in [1.82, 2.24) is 0 Å². The lowest BCUT2D eigenvalue weighted by molar-refractivity contribution is -0.144. The molecule has 0 spiro atoms. The van der Waals surface area contributed by atoms with Gasteiger partial charge in [0.2, 0.25) is 0 Å². The molecule has 0 saturated carbocycles. The van der Waals surface area contributed by atoms with Gasteiger partial charge in [0.1, 0.15) is 11.6 Å². The molecule has 1 aliphatic carbocycles. The number of halogens is 1. The van der Waals surface area contributed by atoms with E-state index in [2.05, 4.69) is 6.92 Å². The molecule has 1 aromatic rings. The zero-order chi connectivity index (χ0) is 17.7. The topological polar surface area (TPSA) is 43.4 Å². The molecule has 1 aromatic carbocycles. The maximum absolute atomic E-state index is 14.3. The second-order valence-electron chi connectivity index (χ2n) is 6.37. The Morgan fingerprint density at radius 3 is 2.67 bits per heavy atom. The van der Waals surface area contributed by atoms with Crippen LogP contribution < -0.4 is 0 Å². The van der Waals surface area contributed by atoms with Crippen LogP contribution in [0.4, 0.5) is 4.39 Å². The molecule has 0 heterocycles. The number of benzene rings is 1. The Morgan fingerprint density at radius 1 is 1.29 bits per heavy atom. The van der Waals surface area contributed by atoms with Crippen molar-refractivity contribution in [3.8, 4) is 0 Å². The largest absolute Gasteiger partial charge is 0.430 e. The van der Waals surface area contributed by atoms with Crippen LogP contribution in [0, 0.1) is 18.7 Å². The quantitative estimate of drug-likeness (QED) is 0.662. The predicted molar refractivity (Wildman–Crippen MR) is 91.7 cm³/mol. The fraction of sp³-hybridized carbons (Fsp3) is 0.500. The summed E-state index contributed by atoms with van der Waals surface area (Å²) in [5.41, 5.74) is 1.24. The third kappa shape index (κ3) is 4.11. The van der Waals surface area contributed by atoms with Crippen LogP contribution in [0.5, 0.6) is 0 Å². The normalized spacial score (nSPS) is 15.8. The molecule has 2 rings (SSSR count). The molecule has 0 fully saturated rings. The molecular formula is C20H25FO3. The number of esters is 1. The van der Waals surface area contributed by atoms with Gasteiger partial charge in [-0.25, -0.2) is 4.39 Å². The second kappa shape index (κ2) is 8.22. The van der Waals surface area contributed by atoms with Crippen LogP contribution in [0.2, 0.25) is 0 Å². The van der Waals surface area contributed by atoms with Crippen molar-refractivity contribution in [3.05, 3.63) is 40.9 Å². The van der Waals surface area contributed by atoms with Crippen LogP contribution in [0.1, 0.15) is 63.5 Å². The van der Waals surface area contributed by atoms with Gasteiger partial charge >= 0.3 is 5.97 Å². The first-order chi connectivity index (χ1) is 11.5. The molecule has 0 radical (unpaired) electrons. The van der Waals surface area contributed by atoms with E-state index in [4.69, 9.17) is 4.74 Å². The molecule has 0 N–H and O–H groups in total. The van der Waals surface area contributed by atoms with E-state index in [9.17, 15) is 14.0 Å². The van der Waals surface area contributed by atoms with Gasteiger partial charge in [-0.05, 0) is 31.4 Å². The fourth-order valence-corrected chi connectivity index (χ4v) is 3.00. The summed E-state index contributed by atoms with van der Waals surface area (Å²) in [4.78, 5) is 24.6. The monoisotopic (exact) mass is 332 g/mol. The van der Waals surface area contributed by atoms with Crippen LogP contribution in [-0.2, 0) is 14.3 Å². The summed E-state index contributed by atoms with van der Waals surface area (Å²) in [6.45, 7) is 5.82. The number of Topliss-reactive ketones (excluding diaryl/α,β-unsaturated/α-hetero) is 1. The molecule has 1 unspecified atom stereocenters. The minimum absolute atomic E-state index is 0.165. The van der Waals surface area contributed by atoms with E-state index < -0.39 is 5.82 Å². The van der Waals surface area contributed by atoms with E-state index in [1.807, 2.05) is 6.92 Å². The number of allylic oxidation sites excluding steroid dienone is 2. The Balaban J connectivity index is 2.27. The van der Waals surface area contributed by atoms with E-state index in [1.165, 1.54) is 6.07 Å². The lowest BCUT2D eigenvalue weighted by atomic mass is 9.99. The molecule has 4 heteroatoms. The van der Waals surface area contributed by atoms with Crippen molar-refractivity contribution in [2.75, 3.05) is 0 Å². The van der Waals surface area contributed by atoms with Crippen molar-refractivity contribution in [2.45, 2.75) is 59.3 Å². The lowest BCUT2D eigenvalue weighted by Crippen LogP contribution is -2.17. The first-order valence-corrected chi connectivity index (χ1v) is 8.72. The summed E-state index contributed by atoms with van der Waals surface area (Å²) in [5, 5.41) is 0. The molecule has 130 valence electrons. The Kier molecular flexibility index (Phi) is 6.29. The van der Waals surface area contributed by atoms with Gasteiger partial charge < -0.3 is 4.74 Å². The third-order valence-corrected chi connectivity index (χ3v) is 4.49.